The Morgan fingerprint density at radius 3 is 1.48 bits per heavy atom. The van der Waals surface area contributed by atoms with Crippen molar-refractivity contribution in [3.05, 3.63) is 75.0 Å². The van der Waals surface area contributed by atoms with Crippen LogP contribution in [0.25, 0.3) is 20.4 Å². The number of aromatic nitrogens is 3. The van der Waals surface area contributed by atoms with E-state index in [1.807, 2.05) is 30.3 Å². The first kappa shape index (κ1) is 30.7. The maximum absolute atomic E-state index is 12.4. The lowest BCUT2D eigenvalue weighted by Crippen LogP contribution is -2.03. The molecule has 2 aromatic carbocycles. The van der Waals surface area contributed by atoms with Crippen LogP contribution in [-0.2, 0) is 22.4 Å². The van der Waals surface area contributed by atoms with E-state index in [4.69, 9.17) is 24.7 Å². The summed E-state index contributed by atoms with van der Waals surface area (Å²) in [6.07, 6.45) is 0.209. The lowest BCUT2D eigenvalue weighted by atomic mass is 10.0. The van der Waals surface area contributed by atoms with Crippen molar-refractivity contribution >= 4 is 66.6 Å². The van der Waals surface area contributed by atoms with Crippen molar-refractivity contribution in [3.8, 4) is 11.5 Å². The van der Waals surface area contributed by atoms with Gasteiger partial charge >= 0.3 is 11.9 Å². The predicted molar refractivity (Wildman–Crippen MR) is 165 cm³/mol. The van der Waals surface area contributed by atoms with Crippen LogP contribution in [-0.4, -0.2) is 62.9 Å². The molecular weight excluding hydrogens is 606 g/mol. The third-order valence-electron chi connectivity index (χ3n) is 6.80. The number of carbonyl (C=O) groups excluding carboxylic acids is 2. The highest BCUT2D eigenvalue weighted by molar-refractivity contribution is 7.20. The monoisotopic (exact) mass is 633 g/mol. The zero-order valence-corrected chi connectivity index (χ0v) is 25.4. The van der Waals surface area contributed by atoms with Crippen molar-refractivity contribution in [2.24, 2.45) is 0 Å². The Morgan fingerprint density at radius 2 is 1.09 bits per heavy atom. The average molecular weight is 634 g/mol. The topological polar surface area (TPSA) is 166 Å². The van der Waals surface area contributed by atoms with Crippen molar-refractivity contribution in [2.75, 3.05) is 14.2 Å². The molecule has 11 nitrogen and oxygen atoms in total. The summed E-state index contributed by atoms with van der Waals surface area (Å²) in [5, 5.41) is 18.3. The van der Waals surface area contributed by atoms with Crippen molar-refractivity contribution in [3.63, 3.8) is 0 Å². The number of fused-ring (bicyclic) bond motifs is 2. The highest BCUT2D eigenvalue weighted by atomic mass is 32.1. The number of nitrogens with zero attached hydrogens (tertiary/aromatic N) is 3. The molecule has 13 heteroatoms. The third-order valence-corrected chi connectivity index (χ3v) is 8.92. The first-order chi connectivity index (χ1) is 21.1. The summed E-state index contributed by atoms with van der Waals surface area (Å²) in [5.41, 5.74) is 4.53. The zero-order chi connectivity index (χ0) is 31.4. The molecule has 0 fully saturated rings. The van der Waals surface area contributed by atoms with Gasteiger partial charge in [-0.1, -0.05) is 6.07 Å². The molecule has 0 saturated carbocycles. The van der Waals surface area contributed by atoms with Gasteiger partial charge < -0.3 is 19.7 Å². The minimum Gasteiger partial charge on any atom is -0.496 e. The number of pyridine rings is 1. The molecular formula is C31H27N3O8S2. The normalized spacial score (nSPS) is 11.1. The van der Waals surface area contributed by atoms with E-state index in [-0.39, 0.29) is 47.3 Å². The van der Waals surface area contributed by atoms with Gasteiger partial charge in [-0.05, 0) is 24.3 Å². The second-order valence-corrected chi connectivity index (χ2v) is 12.0. The molecule has 0 aliphatic carbocycles. The minimum atomic E-state index is -1.03. The molecule has 3 aromatic heterocycles. The van der Waals surface area contributed by atoms with Gasteiger partial charge in [-0.3, -0.25) is 24.2 Å². The molecule has 0 unspecified atom stereocenters. The number of benzene rings is 2. The maximum atomic E-state index is 12.4. The molecule has 3 heterocycles. The number of hydrogen-bond acceptors (Lipinski definition) is 11. The smallest absolute Gasteiger partial charge is 0.303 e. The van der Waals surface area contributed by atoms with Crippen LogP contribution >= 0.6 is 22.7 Å². The highest BCUT2D eigenvalue weighted by Gasteiger charge is 2.18. The van der Waals surface area contributed by atoms with Crippen molar-refractivity contribution in [2.45, 2.75) is 38.5 Å². The van der Waals surface area contributed by atoms with Crippen LogP contribution < -0.4 is 9.47 Å². The third kappa shape index (κ3) is 7.06. The van der Waals surface area contributed by atoms with E-state index >= 15 is 0 Å². The second-order valence-electron chi connectivity index (χ2n) is 9.91. The highest BCUT2D eigenvalue weighted by Crippen LogP contribution is 2.33. The Labute approximate surface area is 259 Å². The summed E-state index contributed by atoms with van der Waals surface area (Å²) >= 11 is 2.45. The number of aliphatic carboxylic acids is 2. The van der Waals surface area contributed by atoms with Crippen LogP contribution in [0, 0.1) is 0 Å². The van der Waals surface area contributed by atoms with E-state index in [9.17, 15) is 19.2 Å². The Bertz CT molecular complexity index is 1780. The number of carbonyl (C=O) groups is 4. The summed E-state index contributed by atoms with van der Waals surface area (Å²) in [4.78, 5) is 60.2. The van der Waals surface area contributed by atoms with Gasteiger partial charge in [0.2, 0.25) is 0 Å². The second kappa shape index (κ2) is 13.3. The summed E-state index contributed by atoms with van der Waals surface area (Å²) in [5.74, 6) is -1.48. The van der Waals surface area contributed by atoms with Gasteiger partial charge in [0.25, 0.3) is 0 Å². The molecule has 226 valence electrons. The van der Waals surface area contributed by atoms with Gasteiger partial charge in [-0.25, -0.2) is 9.97 Å². The largest absolute Gasteiger partial charge is 0.496 e. The first-order valence-electron chi connectivity index (χ1n) is 13.5. The minimum absolute atomic E-state index is 0.108. The van der Waals surface area contributed by atoms with Crippen LogP contribution in [0.2, 0.25) is 0 Å². The van der Waals surface area contributed by atoms with Crippen molar-refractivity contribution in [1.82, 2.24) is 15.0 Å². The van der Waals surface area contributed by atoms with Crippen LogP contribution in [0.5, 0.6) is 11.5 Å². The molecule has 0 amide bonds. The van der Waals surface area contributed by atoms with Crippen molar-refractivity contribution < 1.29 is 38.9 Å². The molecule has 0 radical (unpaired) electrons. The van der Waals surface area contributed by atoms with Crippen molar-refractivity contribution in [1.29, 1.82) is 0 Å². The van der Waals surface area contributed by atoms with E-state index < -0.39 is 11.9 Å². The molecule has 5 aromatic rings. The fraction of sp³-hybridized carbons (Fsp3) is 0.258. The number of methoxy groups -OCH3 is 2. The Balaban J connectivity index is 1.37. The molecule has 5 rings (SSSR count). The molecule has 0 bridgehead atoms. The Hall–Kier alpha value is -4.75. The van der Waals surface area contributed by atoms with Gasteiger partial charge in [0, 0.05) is 60.3 Å². The molecule has 0 aliphatic rings. The van der Waals surface area contributed by atoms with E-state index in [2.05, 4.69) is 9.97 Å². The number of ketones is 2. The lowest BCUT2D eigenvalue weighted by molar-refractivity contribution is -0.137. The SMILES string of the molecule is COc1cc2nc(C(=O)CCC(=O)O)sc2cc1Cc1cccc(Cc2cc3sc(C(=O)CCC(=O)O)nc3cc2OC)n1. The van der Waals surface area contributed by atoms with Crippen LogP contribution in [0.4, 0.5) is 0 Å². The number of hydrogen-bond donors (Lipinski definition) is 2. The molecule has 0 saturated heterocycles. The van der Waals surface area contributed by atoms with E-state index in [1.54, 1.807) is 26.4 Å². The molecule has 0 atom stereocenters. The Morgan fingerprint density at radius 1 is 0.659 bits per heavy atom. The molecule has 2 N–H and O–H groups in total. The predicted octanol–water partition coefficient (Wildman–Crippen LogP) is 5.59. The van der Waals surface area contributed by atoms with Gasteiger partial charge in [0.05, 0.1) is 47.5 Å². The molecule has 44 heavy (non-hydrogen) atoms. The fourth-order valence-corrected chi connectivity index (χ4v) is 6.62. The standard InChI is InChI=1S/C31H27N3O8S2/c1-41-24-14-20-26(43-30(33-20)22(35)6-8-28(37)38)12-16(24)10-18-4-3-5-19(32-18)11-17-13-27-21(15-25(17)42-2)34-31(44-27)23(36)7-9-29(39)40/h3-5,12-15H,6-11H2,1-2H3,(H,37,38)(H,39,40). The van der Waals surface area contributed by atoms with Crippen LogP contribution in [0.3, 0.4) is 0 Å². The molecule has 0 aliphatic heterocycles. The number of Topliss-reactive ketones (excluding diaryl/α,β-unsaturated/α-hetero) is 2. The van der Waals surface area contributed by atoms with E-state index in [1.165, 1.54) is 22.7 Å². The lowest BCUT2D eigenvalue weighted by Gasteiger charge is -2.11. The summed E-state index contributed by atoms with van der Waals surface area (Å²) < 4.78 is 12.8. The first-order valence-corrected chi connectivity index (χ1v) is 15.2. The van der Waals surface area contributed by atoms with Gasteiger partial charge in [-0.2, -0.15) is 0 Å². The van der Waals surface area contributed by atoms with Crippen LogP contribution in [0.15, 0.2) is 42.5 Å². The van der Waals surface area contributed by atoms with Gasteiger partial charge in [0.15, 0.2) is 21.6 Å². The number of carboxylic acid groups (broad SMARTS) is 2. The summed E-state index contributed by atoms with van der Waals surface area (Å²) in [6.45, 7) is 0. The number of thiazole rings is 2. The number of rotatable bonds is 14. The summed E-state index contributed by atoms with van der Waals surface area (Å²) in [7, 11) is 3.12. The number of ether oxygens (including phenoxy) is 2. The quantitative estimate of drug-likeness (QED) is 0.146. The number of carboxylic acids is 2. The van der Waals surface area contributed by atoms with E-state index in [0.717, 1.165) is 31.9 Å². The van der Waals surface area contributed by atoms with Crippen LogP contribution in [0.1, 0.15) is 67.8 Å². The maximum Gasteiger partial charge on any atom is 0.303 e. The average Bonchev–Trinajstić information content (AvgIpc) is 3.61. The Kier molecular flexibility index (Phi) is 9.26. The van der Waals surface area contributed by atoms with Gasteiger partial charge in [0.1, 0.15) is 11.5 Å². The van der Waals surface area contributed by atoms with Gasteiger partial charge in [-0.15, -0.1) is 22.7 Å². The van der Waals surface area contributed by atoms with E-state index in [0.29, 0.717) is 35.4 Å². The summed E-state index contributed by atoms with van der Waals surface area (Å²) in [6, 6.07) is 13.1. The zero-order valence-electron chi connectivity index (χ0n) is 23.8. The molecule has 0 spiro atoms. The fourth-order valence-electron chi connectivity index (χ4n) is 4.66.